The summed E-state index contributed by atoms with van der Waals surface area (Å²) in [6.07, 6.45) is 15.7. The predicted molar refractivity (Wildman–Crippen MR) is 181 cm³/mol. The van der Waals surface area contributed by atoms with Gasteiger partial charge in [0, 0.05) is 36.3 Å². The third-order valence-corrected chi connectivity index (χ3v) is 9.34. The molecule has 4 rings (SSSR count). The fourth-order valence-corrected chi connectivity index (χ4v) is 6.53. The quantitative estimate of drug-likeness (QED) is 0.153. The second-order valence-electron chi connectivity index (χ2n) is 12.4. The number of nitrogens with one attached hydrogen (secondary N) is 4. The van der Waals surface area contributed by atoms with E-state index in [4.69, 9.17) is 23.2 Å². The lowest BCUT2D eigenvalue weighted by atomic mass is 9.95. The Balaban J connectivity index is 1.10. The van der Waals surface area contributed by atoms with Crippen molar-refractivity contribution in [3.8, 4) is 0 Å². The molecule has 45 heavy (non-hydrogen) atoms. The highest BCUT2D eigenvalue weighted by Gasteiger charge is 2.20. The molecular weight excluding hydrogens is 611 g/mol. The molecule has 0 spiro atoms. The molecule has 2 aromatic rings. The SMILES string of the molecule is O=C(CCCCCCCC(=O)Nc1ccc(Cl)c(C(=O)NC2CCCCC2)c1)Nc1ccc(Cl)c(C(=O)NC2CCCCC2)c1. The lowest BCUT2D eigenvalue weighted by Crippen LogP contribution is -2.36. The number of carbonyl (C=O) groups excluding carboxylic acids is 4. The number of halogens is 2. The van der Waals surface area contributed by atoms with Gasteiger partial charge in [0.05, 0.1) is 21.2 Å². The molecule has 2 aliphatic rings. The van der Waals surface area contributed by atoms with Crippen LogP contribution in [0.1, 0.15) is 130 Å². The molecule has 2 aromatic carbocycles. The number of carbonyl (C=O) groups is 4. The normalized spacial score (nSPS) is 15.7. The summed E-state index contributed by atoms with van der Waals surface area (Å²) in [5.74, 6) is -0.617. The Kier molecular flexibility index (Phi) is 14.0. The highest BCUT2D eigenvalue weighted by Crippen LogP contribution is 2.25. The first-order valence-corrected chi connectivity index (χ1v) is 17.3. The van der Waals surface area contributed by atoms with Crippen molar-refractivity contribution >= 4 is 58.2 Å². The lowest BCUT2D eigenvalue weighted by molar-refractivity contribution is -0.117. The Morgan fingerprint density at radius 1 is 0.556 bits per heavy atom. The average molecular weight is 658 g/mol. The van der Waals surface area contributed by atoms with E-state index in [9.17, 15) is 19.2 Å². The van der Waals surface area contributed by atoms with Crippen molar-refractivity contribution in [2.45, 2.75) is 121 Å². The van der Waals surface area contributed by atoms with Gasteiger partial charge < -0.3 is 21.3 Å². The molecule has 8 nitrogen and oxygen atoms in total. The molecule has 2 saturated carbocycles. The number of benzene rings is 2. The molecule has 2 aliphatic carbocycles. The number of anilines is 2. The molecule has 0 radical (unpaired) electrons. The van der Waals surface area contributed by atoms with E-state index in [0.717, 1.165) is 83.5 Å². The average Bonchev–Trinajstić information content (AvgIpc) is 3.03. The van der Waals surface area contributed by atoms with Gasteiger partial charge in [-0.3, -0.25) is 19.2 Å². The van der Waals surface area contributed by atoms with Crippen molar-refractivity contribution in [3.05, 3.63) is 57.6 Å². The zero-order valence-electron chi connectivity index (χ0n) is 26.0. The van der Waals surface area contributed by atoms with Gasteiger partial charge in [0.2, 0.25) is 11.8 Å². The van der Waals surface area contributed by atoms with Gasteiger partial charge in [-0.2, -0.15) is 0 Å². The maximum atomic E-state index is 12.8. The molecule has 2 fully saturated rings. The van der Waals surface area contributed by atoms with E-state index in [-0.39, 0.29) is 35.7 Å². The van der Waals surface area contributed by atoms with E-state index in [1.165, 1.54) is 12.8 Å². The number of hydrogen-bond donors (Lipinski definition) is 4. The molecule has 0 atom stereocenters. The minimum absolute atomic E-state index is 0.106. The lowest BCUT2D eigenvalue weighted by Gasteiger charge is -2.23. The first kappa shape index (κ1) is 34.8. The zero-order valence-corrected chi connectivity index (χ0v) is 27.5. The van der Waals surface area contributed by atoms with Crippen molar-refractivity contribution in [2.75, 3.05) is 10.6 Å². The Bertz CT molecular complexity index is 1220. The molecular formula is C35H46Cl2N4O4. The van der Waals surface area contributed by atoms with E-state index < -0.39 is 0 Å². The number of amides is 4. The first-order valence-electron chi connectivity index (χ1n) is 16.6. The third kappa shape index (κ3) is 11.6. The topological polar surface area (TPSA) is 116 Å². The fourth-order valence-electron chi connectivity index (χ4n) is 6.12. The maximum absolute atomic E-state index is 12.8. The summed E-state index contributed by atoms with van der Waals surface area (Å²) in [5.41, 5.74) is 1.87. The van der Waals surface area contributed by atoms with E-state index >= 15 is 0 Å². The minimum atomic E-state index is -0.202. The Hall–Kier alpha value is -3.10. The molecule has 0 unspecified atom stereocenters. The molecule has 244 valence electrons. The molecule has 0 aliphatic heterocycles. The summed E-state index contributed by atoms with van der Waals surface area (Å²) in [5, 5.41) is 12.6. The van der Waals surface area contributed by atoms with Crippen LogP contribution in [0.2, 0.25) is 10.0 Å². The molecule has 0 bridgehead atoms. The van der Waals surface area contributed by atoms with Crippen molar-refractivity contribution in [1.29, 1.82) is 0 Å². The van der Waals surface area contributed by atoms with E-state index in [1.54, 1.807) is 36.4 Å². The molecule has 0 saturated heterocycles. The van der Waals surface area contributed by atoms with Crippen molar-refractivity contribution in [2.24, 2.45) is 0 Å². The van der Waals surface area contributed by atoms with E-state index in [1.807, 2.05) is 0 Å². The molecule has 0 heterocycles. The Labute approximate surface area is 276 Å². The summed E-state index contributed by atoms with van der Waals surface area (Å²) in [7, 11) is 0. The van der Waals surface area contributed by atoms with Crippen LogP contribution in [0.3, 0.4) is 0 Å². The molecule has 4 N–H and O–H groups in total. The number of rotatable bonds is 14. The predicted octanol–water partition coefficient (Wildman–Crippen LogP) is 8.43. The second kappa shape index (κ2) is 18.1. The van der Waals surface area contributed by atoms with Gasteiger partial charge in [0.1, 0.15) is 0 Å². The Morgan fingerprint density at radius 3 is 1.33 bits per heavy atom. The molecule has 10 heteroatoms. The van der Waals surface area contributed by atoms with Crippen LogP contribution in [-0.2, 0) is 9.59 Å². The standard InChI is InChI=1S/C35H46Cl2N4O4/c36-30-20-18-26(22-28(30)34(44)40-24-12-6-4-7-13-24)38-32(42)16-10-2-1-3-11-17-33(43)39-27-19-21-31(37)29(23-27)35(45)41-25-14-8-5-9-15-25/h18-25H,1-17H2,(H,38,42)(H,39,43)(H,40,44)(H,41,45). The maximum Gasteiger partial charge on any atom is 0.253 e. The van der Waals surface area contributed by atoms with Gasteiger partial charge in [-0.05, 0) is 74.9 Å². The number of unbranched alkanes of at least 4 members (excludes halogenated alkanes) is 4. The smallest absolute Gasteiger partial charge is 0.253 e. The van der Waals surface area contributed by atoms with Crippen LogP contribution in [-0.4, -0.2) is 35.7 Å². The highest BCUT2D eigenvalue weighted by molar-refractivity contribution is 6.34. The zero-order chi connectivity index (χ0) is 32.0. The van der Waals surface area contributed by atoms with Crippen molar-refractivity contribution < 1.29 is 19.2 Å². The minimum Gasteiger partial charge on any atom is -0.349 e. The van der Waals surface area contributed by atoms with E-state index in [2.05, 4.69) is 21.3 Å². The van der Waals surface area contributed by atoms with Crippen molar-refractivity contribution in [1.82, 2.24) is 10.6 Å². The van der Waals surface area contributed by atoms with Crippen LogP contribution < -0.4 is 21.3 Å². The van der Waals surface area contributed by atoms with Crippen LogP contribution in [0.4, 0.5) is 11.4 Å². The van der Waals surface area contributed by atoms with Gasteiger partial charge >= 0.3 is 0 Å². The summed E-state index contributed by atoms with van der Waals surface area (Å²) < 4.78 is 0. The van der Waals surface area contributed by atoms with Gasteiger partial charge in [-0.1, -0.05) is 81.0 Å². The molecule has 0 aromatic heterocycles. The van der Waals surface area contributed by atoms with Crippen molar-refractivity contribution in [3.63, 3.8) is 0 Å². The fraction of sp³-hybridized carbons (Fsp3) is 0.543. The summed E-state index contributed by atoms with van der Waals surface area (Å²) in [4.78, 5) is 50.5. The van der Waals surface area contributed by atoms with Crippen LogP contribution in [0.25, 0.3) is 0 Å². The Morgan fingerprint density at radius 2 is 0.933 bits per heavy atom. The van der Waals surface area contributed by atoms with Crippen LogP contribution in [0.15, 0.2) is 36.4 Å². The van der Waals surface area contributed by atoms with Crippen LogP contribution in [0.5, 0.6) is 0 Å². The van der Waals surface area contributed by atoms with Gasteiger partial charge in [-0.15, -0.1) is 0 Å². The van der Waals surface area contributed by atoms with Gasteiger partial charge in [-0.25, -0.2) is 0 Å². The largest absolute Gasteiger partial charge is 0.349 e. The second-order valence-corrected chi connectivity index (χ2v) is 13.2. The first-order chi connectivity index (χ1) is 21.8. The van der Waals surface area contributed by atoms with Gasteiger partial charge in [0.25, 0.3) is 11.8 Å². The number of hydrogen-bond acceptors (Lipinski definition) is 4. The summed E-state index contributed by atoms with van der Waals surface area (Å²) in [6, 6.07) is 10.3. The summed E-state index contributed by atoms with van der Waals surface area (Å²) in [6.45, 7) is 0. The van der Waals surface area contributed by atoms with Crippen LogP contribution >= 0.6 is 23.2 Å². The third-order valence-electron chi connectivity index (χ3n) is 8.68. The highest BCUT2D eigenvalue weighted by atomic mass is 35.5. The van der Waals surface area contributed by atoms with E-state index in [0.29, 0.717) is 45.4 Å². The summed E-state index contributed by atoms with van der Waals surface area (Å²) >= 11 is 12.6. The monoisotopic (exact) mass is 656 g/mol. The van der Waals surface area contributed by atoms with Crippen LogP contribution in [0, 0.1) is 0 Å². The van der Waals surface area contributed by atoms with Gasteiger partial charge in [0.15, 0.2) is 0 Å². The molecule has 4 amide bonds.